The molecule has 6 heteroatoms. The van der Waals surface area contributed by atoms with Gasteiger partial charge in [-0.1, -0.05) is 23.8 Å². The second-order valence-corrected chi connectivity index (χ2v) is 8.85. The molecule has 2 aromatic carbocycles. The van der Waals surface area contributed by atoms with Crippen molar-refractivity contribution in [3.05, 3.63) is 65.9 Å². The second kappa shape index (κ2) is 6.94. The van der Waals surface area contributed by atoms with Gasteiger partial charge < -0.3 is 4.90 Å². The van der Waals surface area contributed by atoms with Crippen molar-refractivity contribution in [1.82, 2.24) is 9.71 Å². The summed E-state index contributed by atoms with van der Waals surface area (Å²) in [5, 5.41) is 1.10. The van der Waals surface area contributed by atoms with E-state index in [1.54, 1.807) is 12.3 Å². The summed E-state index contributed by atoms with van der Waals surface area (Å²) >= 11 is 0. The first kappa shape index (κ1) is 17.9. The first-order chi connectivity index (χ1) is 12.9. The number of nitrogens with zero attached hydrogens (tertiary/aromatic N) is 2. The third-order valence-electron chi connectivity index (χ3n) is 5.09. The maximum absolute atomic E-state index is 12.8. The predicted octanol–water partition coefficient (Wildman–Crippen LogP) is 3.41. The van der Waals surface area contributed by atoms with Crippen molar-refractivity contribution in [2.75, 3.05) is 18.0 Å². The summed E-state index contributed by atoms with van der Waals surface area (Å²) in [5.74, 6) is 0. The Balaban J connectivity index is 1.54. The lowest BCUT2D eigenvalue weighted by atomic mass is 10.1. The van der Waals surface area contributed by atoms with Crippen LogP contribution < -0.4 is 9.62 Å². The van der Waals surface area contributed by atoms with Crippen molar-refractivity contribution < 1.29 is 8.42 Å². The van der Waals surface area contributed by atoms with Gasteiger partial charge in [-0.25, -0.2) is 13.1 Å². The summed E-state index contributed by atoms with van der Waals surface area (Å²) in [7, 11) is -3.53. The van der Waals surface area contributed by atoms with Gasteiger partial charge in [0.1, 0.15) is 0 Å². The molecule has 0 saturated carbocycles. The zero-order chi connectivity index (χ0) is 19.0. The molecule has 0 radical (unpaired) electrons. The second-order valence-electron chi connectivity index (χ2n) is 7.17. The van der Waals surface area contributed by atoms with Crippen LogP contribution in [0, 0.1) is 13.8 Å². The van der Waals surface area contributed by atoms with E-state index in [1.165, 1.54) is 0 Å². The molecule has 140 valence electrons. The van der Waals surface area contributed by atoms with E-state index < -0.39 is 10.0 Å². The molecule has 0 bridgehead atoms. The van der Waals surface area contributed by atoms with Gasteiger partial charge in [-0.15, -0.1) is 0 Å². The van der Waals surface area contributed by atoms with Gasteiger partial charge >= 0.3 is 0 Å². The van der Waals surface area contributed by atoms with Gasteiger partial charge in [-0.3, -0.25) is 4.98 Å². The third kappa shape index (κ3) is 3.55. The molecule has 4 rings (SSSR count). The van der Waals surface area contributed by atoms with Crippen molar-refractivity contribution in [2.24, 2.45) is 0 Å². The lowest BCUT2D eigenvalue weighted by molar-refractivity contribution is 0.561. The lowest BCUT2D eigenvalue weighted by Crippen LogP contribution is -2.37. The molecule has 0 amide bonds. The Morgan fingerprint density at radius 3 is 2.78 bits per heavy atom. The van der Waals surface area contributed by atoms with E-state index >= 15 is 0 Å². The van der Waals surface area contributed by atoms with Crippen LogP contribution in [-0.2, 0) is 10.0 Å². The number of sulfonamides is 1. The lowest BCUT2D eigenvalue weighted by Gasteiger charge is -2.21. The Bertz CT molecular complexity index is 1090. The topological polar surface area (TPSA) is 62.3 Å². The van der Waals surface area contributed by atoms with Gasteiger partial charge in [0.2, 0.25) is 10.0 Å². The highest BCUT2D eigenvalue weighted by Gasteiger charge is 2.28. The molecule has 2 heterocycles. The molecule has 1 N–H and O–H groups in total. The van der Waals surface area contributed by atoms with Crippen molar-refractivity contribution in [3.8, 4) is 0 Å². The number of aryl methyl sites for hydroxylation is 2. The zero-order valence-corrected chi connectivity index (χ0v) is 16.3. The molecule has 3 aromatic rings. The number of pyridine rings is 1. The SMILES string of the molecule is Cc1ccc(S(=O)(=O)N[C@H]2CCN(c3cccc4ncccc34)C2)c(C)c1. The molecule has 0 spiro atoms. The van der Waals surface area contributed by atoms with E-state index in [1.807, 2.05) is 44.2 Å². The highest BCUT2D eigenvalue weighted by atomic mass is 32.2. The van der Waals surface area contributed by atoms with Crippen LogP contribution >= 0.6 is 0 Å². The summed E-state index contributed by atoms with van der Waals surface area (Å²) in [6.07, 6.45) is 2.57. The minimum atomic E-state index is -3.53. The molecule has 1 saturated heterocycles. The van der Waals surface area contributed by atoms with E-state index in [4.69, 9.17) is 0 Å². The molecule has 0 aliphatic carbocycles. The van der Waals surface area contributed by atoms with Crippen LogP contribution in [-0.4, -0.2) is 32.5 Å². The highest BCUT2D eigenvalue weighted by molar-refractivity contribution is 7.89. The normalized spacial score (nSPS) is 17.6. The third-order valence-corrected chi connectivity index (χ3v) is 6.77. The number of hydrogen-bond acceptors (Lipinski definition) is 4. The maximum Gasteiger partial charge on any atom is 0.241 e. The Kier molecular flexibility index (Phi) is 4.61. The zero-order valence-electron chi connectivity index (χ0n) is 15.5. The number of aromatic nitrogens is 1. The average Bonchev–Trinajstić information content (AvgIpc) is 3.08. The minimum Gasteiger partial charge on any atom is -0.369 e. The Morgan fingerprint density at radius 2 is 1.96 bits per heavy atom. The molecule has 1 fully saturated rings. The van der Waals surface area contributed by atoms with Crippen LogP contribution in [0.1, 0.15) is 17.5 Å². The number of hydrogen-bond donors (Lipinski definition) is 1. The van der Waals surface area contributed by atoms with Gasteiger partial charge in [-0.05, 0) is 56.2 Å². The fourth-order valence-corrected chi connectivity index (χ4v) is 5.31. The number of anilines is 1. The molecule has 5 nitrogen and oxygen atoms in total. The van der Waals surface area contributed by atoms with Gasteiger partial charge in [0.15, 0.2) is 0 Å². The number of fused-ring (bicyclic) bond motifs is 1. The van der Waals surface area contributed by atoms with Gasteiger partial charge in [0, 0.05) is 36.4 Å². The van der Waals surface area contributed by atoms with Crippen molar-refractivity contribution in [2.45, 2.75) is 31.2 Å². The van der Waals surface area contributed by atoms with E-state index in [0.717, 1.165) is 40.7 Å². The molecule has 0 unspecified atom stereocenters. The summed E-state index contributed by atoms with van der Waals surface area (Å²) in [6, 6.07) is 15.4. The first-order valence-electron chi connectivity index (χ1n) is 9.12. The number of nitrogens with one attached hydrogen (secondary N) is 1. The average molecular weight is 382 g/mol. The molecule has 1 aliphatic rings. The van der Waals surface area contributed by atoms with Crippen LogP contribution in [0.5, 0.6) is 0 Å². The number of benzene rings is 2. The predicted molar refractivity (Wildman–Crippen MR) is 109 cm³/mol. The number of rotatable bonds is 4. The molecule has 1 aliphatic heterocycles. The minimum absolute atomic E-state index is 0.109. The molecular formula is C21H23N3O2S. The first-order valence-corrected chi connectivity index (χ1v) is 10.6. The Labute approximate surface area is 160 Å². The highest BCUT2D eigenvalue weighted by Crippen LogP contribution is 2.29. The van der Waals surface area contributed by atoms with E-state index in [2.05, 4.69) is 26.7 Å². The quantitative estimate of drug-likeness (QED) is 0.752. The molecular weight excluding hydrogens is 358 g/mol. The Hall–Kier alpha value is -2.44. The van der Waals surface area contributed by atoms with Crippen LogP contribution in [0.25, 0.3) is 10.9 Å². The summed E-state index contributed by atoms with van der Waals surface area (Å²) in [4.78, 5) is 7.01. The van der Waals surface area contributed by atoms with Gasteiger partial charge in [0.05, 0.1) is 10.4 Å². The van der Waals surface area contributed by atoms with E-state index in [-0.39, 0.29) is 6.04 Å². The maximum atomic E-state index is 12.8. The van der Waals surface area contributed by atoms with E-state index in [0.29, 0.717) is 11.4 Å². The summed E-state index contributed by atoms with van der Waals surface area (Å²) in [6.45, 7) is 5.27. The smallest absolute Gasteiger partial charge is 0.241 e. The van der Waals surface area contributed by atoms with Crippen molar-refractivity contribution in [1.29, 1.82) is 0 Å². The largest absolute Gasteiger partial charge is 0.369 e. The molecule has 27 heavy (non-hydrogen) atoms. The fraction of sp³-hybridized carbons (Fsp3) is 0.286. The summed E-state index contributed by atoms with van der Waals surface area (Å²) in [5.41, 5.74) is 3.89. The van der Waals surface area contributed by atoms with E-state index in [9.17, 15) is 8.42 Å². The monoisotopic (exact) mass is 381 g/mol. The van der Waals surface area contributed by atoms with Gasteiger partial charge in [0.25, 0.3) is 0 Å². The van der Waals surface area contributed by atoms with Crippen LogP contribution in [0.3, 0.4) is 0 Å². The van der Waals surface area contributed by atoms with Crippen molar-refractivity contribution in [3.63, 3.8) is 0 Å². The fourth-order valence-electron chi connectivity index (χ4n) is 3.82. The van der Waals surface area contributed by atoms with Crippen molar-refractivity contribution >= 4 is 26.6 Å². The molecule has 1 aromatic heterocycles. The summed E-state index contributed by atoms with van der Waals surface area (Å²) < 4.78 is 28.6. The van der Waals surface area contributed by atoms with Crippen LogP contribution in [0.15, 0.2) is 59.6 Å². The Morgan fingerprint density at radius 1 is 1.11 bits per heavy atom. The van der Waals surface area contributed by atoms with Crippen LogP contribution in [0.4, 0.5) is 5.69 Å². The standard InChI is InChI=1S/C21H23N3O2S/c1-15-8-9-21(16(2)13-15)27(25,26)23-17-10-12-24(14-17)20-7-3-6-19-18(20)5-4-11-22-19/h3-9,11,13,17,23H,10,12,14H2,1-2H3/t17-/m0/s1. The molecule has 1 atom stereocenters. The van der Waals surface area contributed by atoms with Crippen LogP contribution in [0.2, 0.25) is 0 Å². The van der Waals surface area contributed by atoms with Gasteiger partial charge in [-0.2, -0.15) is 0 Å².